The Balaban J connectivity index is 3.07. The van der Waals surface area contributed by atoms with Crippen LogP contribution in [0.25, 0.3) is 6.08 Å². The van der Waals surface area contributed by atoms with Crippen molar-refractivity contribution in [2.45, 2.75) is 53.1 Å². The van der Waals surface area contributed by atoms with Crippen molar-refractivity contribution in [2.75, 3.05) is 13.2 Å². The van der Waals surface area contributed by atoms with E-state index in [-0.39, 0.29) is 18.1 Å². The minimum Gasteiger partial charge on any atom is -0.490 e. The highest BCUT2D eigenvalue weighted by Gasteiger charge is 2.17. The third-order valence-corrected chi connectivity index (χ3v) is 3.11. The standard InChI is InChI=1S/C20H28O5/c1-5-11-23-19(21)14-17(20(22)24-12-6-2)13-16-9-7-8-10-18(16)25-15(3)4/h7-10,13,15H,5-6,11-12,14H2,1-4H3. The molecule has 5 nitrogen and oxygen atoms in total. The zero-order chi connectivity index (χ0) is 18.7. The molecule has 0 saturated heterocycles. The van der Waals surface area contributed by atoms with Crippen LogP contribution in [-0.2, 0) is 19.1 Å². The van der Waals surface area contributed by atoms with Crippen LogP contribution < -0.4 is 4.74 Å². The van der Waals surface area contributed by atoms with Crippen LogP contribution in [0.5, 0.6) is 5.75 Å². The van der Waals surface area contributed by atoms with Crippen molar-refractivity contribution >= 4 is 18.0 Å². The van der Waals surface area contributed by atoms with Crippen molar-refractivity contribution in [3.8, 4) is 5.75 Å². The second-order valence-electron chi connectivity index (χ2n) is 5.91. The average Bonchev–Trinajstić information content (AvgIpc) is 2.58. The smallest absolute Gasteiger partial charge is 0.334 e. The van der Waals surface area contributed by atoms with Crippen LogP contribution in [0, 0.1) is 0 Å². The monoisotopic (exact) mass is 348 g/mol. The Morgan fingerprint density at radius 1 is 1.04 bits per heavy atom. The largest absolute Gasteiger partial charge is 0.490 e. The van der Waals surface area contributed by atoms with E-state index in [1.54, 1.807) is 6.08 Å². The number of para-hydroxylation sites is 1. The first kappa shape index (κ1) is 20.7. The quantitative estimate of drug-likeness (QED) is 0.469. The molecule has 0 amide bonds. The molecule has 0 radical (unpaired) electrons. The van der Waals surface area contributed by atoms with Gasteiger partial charge in [0.05, 0.1) is 25.7 Å². The molecule has 0 aliphatic heterocycles. The lowest BCUT2D eigenvalue weighted by Crippen LogP contribution is -2.14. The molecule has 1 aromatic rings. The fourth-order valence-electron chi connectivity index (χ4n) is 2.04. The second-order valence-corrected chi connectivity index (χ2v) is 5.91. The minimum atomic E-state index is -0.505. The van der Waals surface area contributed by atoms with Crippen molar-refractivity contribution in [1.82, 2.24) is 0 Å². The van der Waals surface area contributed by atoms with Gasteiger partial charge in [-0.2, -0.15) is 0 Å². The van der Waals surface area contributed by atoms with Gasteiger partial charge in [-0.3, -0.25) is 4.79 Å². The van der Waals surface area contributed by atoms with Gasteiger partial charge in [-0.1, -0.05) is 32.0 Å². The Labute approximate surface area is 150 Å². The van der Waals surface area contributed by atoms with Crippen LogP contribution in [0.15, 0.2) is 29.8 Å². The molecule has 0 heterocycles. The van der Waals surface area contributed by atoms with Crippen LogP contribution in [0.1, 0.15) is 52.5 Å². The molecule has 0 bridgehead atoms. The van der Waals surface area contributed by atoms with Crippen molar-refractivity contribution < 1.29 is 23.8 Å². The lowest BCUT2D eigenvalue weighted by Gasteiger charge is -2.13. The van der Waals surface area contributed by atoms with E-state index in [9.17, 15) is 9.59 Å². The first-order valence-corrected chi connectivity index (χ1v) is 8.76. The Morgan fingerprint density at radius 3 is 2.32 bits per heavy atom. The number of ether oxygens (including phenoxy) is 3. The zero-order valence-electron chi connectivity index (χ0n) is 15.5. The maximum atomic E-state index is 12.3. The first-order chi connectivity index (χ1) is 12.0. The molecule has 0 fully saturated rings. The van der Waals surface area contributed by atoms with E-state index in [0.717, 1.165) is 12.0 Å². The van der Waals surface area contributed by atoms with Gasteiger partial charge in [-0.25, -0.2) is 4.79 Å². The lowest BCUT2D eigenvalue weighted by molar-refractivity contribution is -0.146. The molecule has 0 saturated carbocycles. The summed E-state index contributed by atoms with van der Waals surface area (Å²) < 4.78 is 16.1. The summed E-state index contributed by atoms with van der Waals surface area (Å²) in [5.41, 5.74) is 0.984. The molecular formula is C20H28O5. The molecule has 0 spiro atoms. The Bertz CT molecular complexity index is 590. The topological polar surface area (TPSA) is 61.8 Å². The van der Waals surface area contributed by atoms with Crippen LogP contribution in [-0.4, -0.2) is 31.3 Å². The highest BCUT2D eigenvalue weighted by Crippen LogP contribution is 2.23. The summed E-state index contributed by atoms with van der Waals surface area (Å²) in [7, 11) is 0. The van der Waals surface area contributed by atoms with Crippen molar-refractivity contribution in [1.29, 1.82) is 0 Å². The van der Waals surface area contributed by atoms with Gasteiger partial charge in [-0.15, -0.1) is 0 Å². The number of esters is 2. The summed E-state index contributed by atoms with van der Waals surface area (Å²) in [4.78, 5) is 24.3. The van der Waals surface area contributed by atoms with Crippen LogP contribution in [0.3, 0.4) is 0 Å². The normalized spacial score (nSPS) is 11.3. The summed E-state index contributed by atoms with van der Waals surface area (Å²) >= 11 is 0. The lowest BCUT2D eigenvalue weighted by atomic mass is 10.1. The molecule has 5 heteroatoms. The first-order valence-electron chi connectivity index (χ1n) is 8.76. The molecular weight excluding hydrogens is 320 g/mol. The molecule has 25 heavy (non-hydrogen) atoms. The number of hydrogen-bond acceptors (Lipinski definition) is 5. The predicted octanol–water partition coefficient (Wildman–Crippen LogP) is 4.15. The molecule has 0 atom stereocenters. The van der Waals surface area contributed by atoms with Gasteiger partial charge in [0, 0.05) is 11.1 Å². The predicted molar refractivity (Wildman–Crippen MR) is 97.3 cm³/mol. The third-order valence-electron chi connectivity index (χ3n) is 3.11. The van der Waals surface area contributed by atoms with Gasteiger partial charge >= 0.3 is 11.9 Å². The van der Waals surface area contributed by atoms with E-state index in [1.807, 2.05) is 52.0 Å². The summed E-state index contributed by atoms with van der Waals surface area (Å²) in [5.74, 6) is -0.293. The molecule has 0 aliphatic carbocycles. The minimum absolute atomic E-state index is 0.000405. The van der Waals surface area contributed by atoms with Gasteiger partial charge in [0.25, 0.3) is 0 Å². The molecule has 1 aromatic carbocycles. The average molecular weight is 348 g/mol. The van der Waals surface area contributed by atoms with Crippen molar-refractivity contribution in [3.05, 3.63) is 35.4 Å². The summed E-state index contributed by atoms with van der Waals surface area (Å²) in [5, 5.41) is 0. The fraction of sp³-hybridized carbons (Fsp3) is 0.500. The Morgan fingerprint density at radius 2 is 1.68 bits per heavy atom. The molecule has 0 aromatic heterocycles. The van der Waals surface area contributed by atoms with Gasteiger partial charge in [-0.05, 0) is 38.8 Å². The number of carbonyl (C=O) groups excluding carboxylic acids is 2. The van der Waals surface area contributed by atoms with Gasteiger partial charge in [0.1, 0.15) is 5.75 Å². The third kappa shape index (κ3) is 7.88. The van der Waals surface area contributed by atoms with Crippen molar-refractivity contribution in [3.63, 3.8) is 0 Å². The van der Waals surface area contributed by atoms with E-state index in [1.165, 1.54) is 0 Å². The van der Waals surface area contributed by atoms with Crippen molar-refractivity contribution in [2.24, 2.45) is 0 Å². The van der Waals surface area contributed by atoms with E-state index in [4.69, 9.17) is 14.2 Å². The number of benzene rings is 1. The molecule has 0 N–H and O–H groups in total. The van der Waals surface area contributed by atoms with E-state index >= 15 is 0 Å². The van der Waals surface area contributed by atoms with Gasteiger partial charge in [0.2, 0.25) is 0 Å². The number of rotatable bonds is 10. The molecule has 0 aliphatic rings. The maximum Gasteiger partial charge on any atom is 0.334 e. The zero-order valence-corrected chi connectivity index (χ0v) is 15.5. The van der Waals surface area contributed by atoms with Gasteiger partial charge in [0.15, 0.2) is 0 Å². The Kier molecular flexibility index (Phi) is 9.37. The molecule has 1 rings (SSSR count). The molecule has 138 valence electrons. The van der Waals surface area contributed by atoms with Crippen LogP contribution in [0.2, 0.25) is 0 Å². The van der Waals surface area contributed by atoms with E-state index in [0.29, 0.717) is 25.4 Å². The number of carbonyl (C=O) groups is 2. The van der Waals surface area contributed by atoms with Crippen LogP contribution >= 0.6 is 0 Å². The summed E-state index contributed by atoms with van der Waals surface area (Å²) in [6, 6.07) is 7.38. The summed E-state index contributed by atoms with van der Waals surface area (Å²) in [6.45, 7) is 8.34. The Hall–Kier alpha value is -2.30. The van der Waals surface area contributed by atoms with Gasteiger partial charge < -0.3 is 14.2 Å². The second kappa shape index (κ2) is 11.3. The highest BCUT2D eigenvalue weighted by atomic mass is 16.5. The number of hydrogen-bond donors (Lipinski definition) is 0. The van der Waals surface area contributed by atoms with E-state index < -0.39 is 11.9 Å². The fourth-order valence-corrected chi connectivity index (χ4v) is 2.04. The van der Waals surface area contributed by atoms with Crippen LogP contribution in [0.4, 0.5) is 0 Å². The highest BCUT2D eigenvalue weighted by molar-refractivity contribution is 5.98. The maximum absolute atomic E-state index is 12.3. The molecule has 0 unspecified atom stereocenters. The SMILES string of the molecule is CCCOC(=O)CC(=Cc1ccccc1OC(C)C)C(=O)OCCC. The summed E-state index contributed by atoms with van der Waals surface area (Å²) in [6.07, 6.45) is 2.96. The van der Waals surface area contributed by atoms with E-state index in [2.05, 4.69) is 0 Å².